The Labute approximate surface area is 118 Å². The van der Waals surface area contributed by atoms with Crippen LogP contribution in [0.25, 0.3) is 0 Å². The summed E-state index contributed by atoms with van der Waals surface area (Å²) < 4.78 is 0. The maximum absolute atomic E-state index is 12.6. The van der Waals surface area contributed by atoms with Gasteiger partial charge in [-0.25, -0.2) is 4.98 Å². The molecule has 4 nitrogen and oxygen atoms in total. The summed E-state index contributed by atoms with van der Waals surface area (Å²) in [6, 6.07) is 0. The minimum Gasteiger partial charge on any atom is -0.337 e. The molecular formula is C14H21N3OS. The topological polar surface area (TPSA) is 45.2 Å². The van der Waals surface area contributed by atoms with Crippen molar-refractivity contribution in [2.75, 3.05) is 26.2 Å². The monoisotopic (exact) mass is 279 g/mol. The SMILES string of the molecule is Cc1ncsc1C(=O)N1CCCC2(CCCNC2)C1. The molecule has 1 spiro atoms. The molecule has 0 saturated carbocycles. The Hall–Kier alpha value is -0.940. The summed E-state index contributed by atoms with van der Waals surface area (Å²) in [5.74, 6) is 0.185. The molecule has 104 valence electrons. The summed E-state index contributed by atoms with van der Waals surface area (Å²) in [5, 5.41) is 3.50. The molecule has 19 heavy (non-hydrogen) atoms. The molecule has 1 amide bonds. The molecule has 2 fully saturated rings. The number of piperidine rings is 2. The molecule has 2 aliphatic rings. The summed E-state index contributed by atoms with van der Waals surface area (Å²) in [6.07, 6.45) is 4.88. The van der Waals surface area contributed by atoms with Gasteiger partial charge in [0.05, 0.1) is 11.2 Å². The van der Waals surface area contributed by atoms with Gasteiger partial charge in [0.2, 0.25) is 0 Å². The van der Waals surface area contributed by atoms with Crippen LogP contribution in [0.3, 0.4) is 0 Å². The number of likely N-dealkylation sites (tertiary alicyclic amines) is 1. The first-order valence-corrected chi connectivity index (χ1v) is 7.98. The lowest BCUT2D eigenvalue weighted by Crippen LogP contribution is -2.52. The number of hydrogen-bond donors (Lipinski definition) is 1. The molecule has 0 radical (unpaired) electrons. The van der Waals surface area contributed by atoms with E-state index >= 15 is 0 Å². The summed E-state index contributed by atoms with van der Waals surface area (Å²) in [4.78, 5) is 19.7. The molecule has 3 rings (SSSR count). The van der Waals surface area contributed by atoms with E-state index in [0.29, 0.717) is 5.41 Å². The van der Waals surface area contributed by atoms with E-state index in [1.165, 1.54) is 30.6 Å². The molecule has 0 aromatic carbocycles. The molecule has 2 aliphatic heterocycles. The number of aromatic nitrogens is 1. The third-order valence-corrected chi connectivity index (χ3v) is 5.37. The summed E-state index contributed by atoms with van der Waals surface area (Å²) in [6.45, 7) is 5.93. The van der Waals surface area contributed by atoms with Crippen LogP contribution in [0.1, 0.15) is 41.0 Å². The molecule has 3 heterocycles. The number of nitrogens with zero attached hydrogens (tertiary/aromatic N) is 2. The smallest absolute Gasteiger partial charge is 0.265 e. The van der Waals surface area contributed by atoms with Crippen molar-refractivity contribution in [2.45, 2.75) is 32.6 Å². The number of thiazole rings is 1. The predicted octanol–water partition coefficient (Wildman–Crippen LogP) is 2.06. The Morgan fingerprint density at radius 1 is 1.47 bits per heavy atom. The highest BCUT2D eigenvalue weighted by molar-refractivity contribution is 7.11. The fourth-order valence-corrected chi connectivity index (χ4v) is 4.18. The average Bonchev–Trinajstić information content (AvgIpc) is 2.85. The fraction of sp³-hybridized carbons (Fsp3) is 0.714. The Morgan fingerprint density at radius 2 is 2.32 bits per heavy atom. The predicted molar refractivity (Wildman–Crippen MR) is 76.5 cm³/mol. The third-order valence-electron chi connectivity index (χ3n) is 4.45. The lowest BCUT2D eigenvalue weighted by Gasteiger charge is -2.45. The molecule has 1 unspecified atom stereocenters. The second-order valence-corrected chi connectivity index (χ2v) is 6.73. The molecule has 1 atom stereocenters. The van der Waals surface area contributed by atoms with Gasteiger partial charge in [-0.15, -0.1) is 11.3 Å². The molecular weight excluding hydrogens is 258 g/mol. The van der Waals surface area contributed by atoms with E-state index in [-0.39, 0.29) is 5.91 Å². The van der Waals surface area contributed by atoms with Crippen LogP contribution in [0.15, 0.2) is 5.51 Å². The molecule has 1 N–H and O–H groups in total. The van der Waals surface area contributed by atoms with Crippen molar-refractivity contribution >= 4 is 17.2 Å². The highest BCUT2D eigenvalue weighted by Crippen LogP contribution is 2.36. The van der Waals surface area contributed by atoms with Crippen molar-refractivity contribution in [1.29, 1.82) is 0 Å². The minimum absolute atomic E-state index is 0.185. The highest BCUT2D eigenvalue weighted by atomic mass is 32.1. The molecule has 1 aromatic rings. The first-order chi connectivity index (χ1) is 9.20. The zero-order valence-electron chi connectivity index (χ0n) is 11.4. The van der Waals surface area contributed by atoms with E-state index in [9.17, 15) is 4.79 Å². The van der Waals surface area contributed by atoms with Crippen LogP contribution in [0.5, 0.6) is 0 Å². The molecule has 0 aliphatic carbocycles. The Bertz CT molecular complexity index is 460. The molecule has 5 heteroatoms. The van der Waals surface area contributed by atoms with Gasteiger partial charge in [-0.2, -0.15) is 0 Å². The number of rotatable bonds is 1. The number of aryl methyl sites for hydroxylation is 1. The third kappa shape index (κ3) is 2.54. The Morgan fingerprint density at radius 3 is 3.00 bits per heavy atom. The lowest BCUT2D eigenvalue weighted by atomic mass is 9.74. The van der Waals surface area contributed by atoms with Gasteiger partial charge >= 0.3 is 0 Å². The second kappa shape index (κ2) is 5.21. The normalized spacial score (nSPS) is 27.7. The van der Waals surface area contributed by atoms with Gasteiger partial charge < -0.3 is 10.2 Å². The van der Waals surface area contributed by atoms with Crippen molar-refractivity contribution in [3.8, 4) is 0 Å². The van der Waals surface area contributed by atoms with Gasteiger partial charge in [-0.05, 0) is 39.2 Å². The number of amides is 1. The Kier molecular flexibility index (Phi) is 3.58. The maximum atomic E-state index is 12.6. The van der Waals surface area contributed by atoms with E-state index in [4.69, 9.17) is 0 Å². The van der Waals surface area contributed by atoms with Gasteiger partial charge in [-0.3, -0.25) is 4.79 Å². The van der Waals surface area contributed by atoms with Crippen LogP contribution in [0.4, 0.5) is 0 Å². The second-order valence-electron chi connectivity index (χ2n) is 5.88. The largest absolute Gasteiger partial charge is 0.337 e. The van der Waals surface area contributed by atoms with E-state index in [0.717, 1.165) is 43.2 Å². The Balaban J connectivity index is 1.74. The van der Waals surface area contributed by atoms with E-state index in [1.54, 1.807) is 5.51 Å². The average molecular weight is 279 g/mol. The van der Waals surface area contributed by atoms with Gasteiger partial charge in [0.15, 0.2) is 0 Å². The van der Waals surface area contributed by atoms with Crippen molar-refractivity contribution in [1.82, 2.24) is 15.2 Å². The standard InChI is InChI=1S/C14H21N3OS/c1-11-12(19-10-16-11)13(18)17-7-3-5-14(9-17)4-2-6-15-8-14/h10,15H,2-9H2,1H3. The van der Waals surface area contributed by atoms with Crippen molar-refractivity contribution in [2.24, 2.45) is 5.41 Å². The number of hydrogen-bond acceptors (Lipinski definition) is 4. The van der Waals surface area contributed by atoms with Gasteiger partial charge in [0, 0.05) is 25.0 Å². The minimum atomic E-state index is 0.185. The van der Waals surface area contributed by atoms with Crippen molar-refractivity contribution < 1.29 is 4.79 Å². The van der Waals surface area contributed by atoms with Gasteiger partial charge in [0.25, 0.3) is 5.91 Å². The summed E-state index contributed by atoms with van der Waals surface area (Å²) >= 11 is 1.47. The van der Waals surface area contributed by atoms with Crippen LogP contribution in [0, 0.1) is 12.3 Å². The number of carbonyl (C=O) groups excluding carboxylic acids is 1. The lowest BCUT2D eigenvalue weighted by molar-refractivity contribution is 0.0437. The van der Waals surface area contributed by atoms with Crippen LogP contribution >= 0.6 is 11.3 Å². The first-order valence-electron chi connectivity index (χ1n) is 7.10. The fourth-order valence-electron chi connectivity index (χ4n) is 3.41. The number of nitrogens with one attached hydrogen (secondary N) is 1. The molecule has 0 bridgehead atoms. The quantitative estimate of drug-likeness (QED) is 0.856. The molecule has 2 saturated heterocycles. The van der Waals surface area contributed by atoms with Gasteiger partial charge in [0.1, 0.15) is 4.88 Å². The van der Waals surface area contributed by atoms with Crippen LogP contribution in [0.2, 0.25) is 0 Å². The van der Waals surface area contributed by atoms with Crippen molar-refractivity contribution in [3.05, 3.63) is 16.1 Å². The van der Waals surface area contributed by atoms with Crippen LogP contribution < -0.4 is 5.32 Å². The zero-order valence-corrected chi connectivity index (χ0v) is 12.3. The molecule has 1 aromatic heterocycles. The number of carbonyl (C=O) groups is 1. The van der Waals surface area contributed by atoms with Crippen LogP contribution in [-0.4, -0.2) is 42.0 Å². The summed E-state index contributed by atoms with van der Waals surface area (Å²) in [5.41, 5.74) is 2.96. The van der Waals surface area contributed by atoms with Crippen molar-refractivity contribution in [3.63, 3.8) is 0 Å². The van der Waals surface area contributed by atoms with E-state index in [1.807, 2.05) is 6.92 Å². The van der Waals surface area contributed by atoms with E-state index < -0.39 is 0 Å². The van der Waals surface area contributed by atoms with E-state index in [2.05, 4.69) is 15.2 Å². The maximum Gasteiger partial charge on any atom is 0.265 e. The van der Waals surface area contributed by atoms with Gasteiger partial charge in [-0.1, -0.05) is 0 Å². The zero-order chi connectivity index (χ0) is 13.3. The summed E-state index contributed by atoms with van der Waals surface area (Å²) in [7, 11) is 0. The first kappa shape index (κ1) is 13.1. The highest BCUT2D eigenvalue weighted by Gasteiger charge is 2.38. The van der Waals surface area contributed by atoms with Crippen LogP contribution in [-0.2, 0) is 0 Å².